The summed E-state index contributed by atoms with van der Waals surface area (Å²) in [7, 11) is 1.82. The van der Waals surface area contributed by atoms with Crippen LogP contribution in [0.1, 0.15) is 5.69 Å². The van der Waals surface area contributed by atoms with Crippen molar-refractivity contribution in [3.05, 3.63) is 34.6 Å². The second kappa shape index (κ2) is 3.98. The number of pyridine rings is 1. The van der Waals surface area contributed by atoms with E-state index in [1.165, 1.54) is 6.33 Å². The number of aryl methyl sites for hydroxylation is 2. The van der Waals surface area contributed by atoms with E-state index in [-0.39, 0.29) is 5.56 Å². The Labute approximate surface area is 117 Å². The number of hydrogen-bond donors (Lipinski definition) is 2. The van der Waals surface area contributed by atoms with Gasteiger partial charge in [-0.05, 0) is 13.0 Å². The normalized spacial score (nSPS) is 11.5. The van der Waals surface area contributed by atoms with Crippen molar-refractivity contribution < 1.29 is 0 Å². The summed E-state index contributed by atoms with van der Waals surface area (Å²) in [6.45, 7) is 1.93. The van der Waals surface area contributed by atoms with Crippen LogP contribution in [0.2, 0.25) is 0 Å². The van der Waals surface area contributed by atoms with Gasteiger partial charge in [-0.1, -0.05) is 0 Å². The number of hydrogen-bond acceptors (Lipinski definition) is 5. The minimum Gasteiger partial charge on any atom is -0.312 e. The lowest BCUT2D eigenvalue weighted by molar-refractivity contribution is 0.937. The van der Waals surface area contributed by atoms with Gasteiger partial charge in [0.25, 0.3) is 5.56 Å². The van der Waals surface area contributed by atoms with Gasteiger partial charge in [-0.2, -0.15) is 5.10 Å². The third kappa shape index (κ3) is 1.59. The Bertz CT molecular complexity index is 1040. The lowest BCUT2D eigenvalue weighted by Crippen LogP contribution is -2.06. The van der Waals surface area contributed by atoms with Crippen LogP contribution >= 0.6 is 0 Å². The monoisotopic (exact) mass is 281 g/mol. The van der Waals surface area contributed by atoms with Crippen LogP contribution in [0, 0.1) is 6.92 Å². The van der Waals surface area contributed by atoms with Crippen molar-refractivity contribution in [3.8, 4) is 11.4 Å². The molecule has 4 rings (SSSR count). The van der Waals surface area contributed by atoms with Gasteiger partial charge in [-0.3, -0.25) is 9.89 Å². The Hall–Kier alpha value is -3.03. The van der Waals surface area contributed by atoms with Crippen LogP contribution in [0.15, 0.2) is 23.4 Å². The van der Waals surface area contributed by atoms with Crippen molar-refractivity contribution >= 4 is 22.2 Å². The molecular formula is C13H11N7O. The second-order valence-corrected chi connectivity index (χ2v) is 4.84. The number of aromatic amines is 2. The molecule has 4 aromatic heterocycles. The first-order valence-electron chi connectivity index (χ1n) is 6.36. The van der Waals surface area contributed by atoms with Gasteiger partial charge < -0.3 is 9.55 Å². The molecule has 0 unspecified atom stereocenters. The van der Waals surface area contributed by atoms with Crippen LogP contribution in [-0.4, -0.2) is 34.7 Å². The van der Waals surface area contributed by atoms with Crippen LogP contribution in [-0.2, 0) is 7.05 Å². The van der Waals surface area contributed by atoms with Gasteiger partial charge in [0.1, 0.15) is 5.82 Å². The summed E-state index contributed by atoms with van der Waals surface area (Å²) in [6.07, 6.45) is 3.07. The molecule has 2 N–H and O–H groups in total. The highest BCUT2D eigenvalue weighted by molar-refractivity contribution is 5.83. The first-order chi connectivity index (χ1) is 10.1. The van der Waals surface area contributed by atoms with Gasteiger partial charge in [0, 0.05) is 29.9 Å². The van der Waals surface area contributed by atoms with E-state index >= 15 is 0 Å². The smallest absolute Gasteiger partial charge is 0.278 e. The lowest BCUT2D eigenvalue weighted by atomic mass is 10.2. The fourth-order valence-corrected chi connectivity index (χ4v) is 2.41. The zero-order valence-electron chi connectivity index (χ0n) is 11.4. The summed E-state index contributed by atoms with van der Waals surface area (Å²) < 4.78 is 1.78. The number of rotatable bonds is 1. The van der Waals surface area contributed by atoms with Gasteiger partial charge >= 0.3 is 0 Å². The molecule has 4 aromatic rings. The molecule has 0 fully saturated rings. The number of nitrogens with one attached hydrogen (secondary N) is 2. The maximum atomic E-state index is 11.8. The highest BCUT2D eigenvalue weighted by atomic mass is 16.1. The van der Waals surface area contributed by atoms with E-state index in [2.05, 4.69) is 30.1 Å². The third-order valence-corrected chi connectivity index (χ3v) is 3.52. The van der Waals surface area contributed by atoms with Crippen molar-refractivity contribution in [3.63, 3.8) is 0 Å². The van der Waals surface area contributed by atoms with Gasteiger partial charge in [0.15, 0.2) is 16.8 Å². The molecule has 8 heteroatoms. The van der Waals surface area contributed by atoms with Crippen molar-refractivity contribution in [1.29, 1.82) is 0 Å². The quantitative estimate of drug-likeness (QED) is 0.539. The number of fused-ring (bicyclic) bond motifs is 2. The fraction of sp³-hybridized carbons (Fsp3) is 0.154. The summed E-state index contributed by atoms with van der Waals surface area (Å²) in [5, 5.41) is 7.93. The molecule has 0 atom stereocenters. The predicted octanol–water partition coefficient (Wildman–Crippen LogP) is 0.903. The first kappa shape index (κ1) is 11.8. The number of aromatic nitrogens is 7. The minimum absolute atomic E-state index is 0.254. The first-order valence-corrected chi connectivity index (χ1v) is 6.36. The molecule has 8 nitrogen and oxygen atoms in total. The third-order valence-electron chi connectivity index (χ3n) is 3.52. The highest BCUT2D eigenvalue weighted by Gasteiger charge is 2.14. The summed E-state index contributed by atoms with van der Waals surface area (Å²) in [5.41, 5.74) is 3.01. The van der Waals surface area contributed by atoms with E-state index in [4.69, 9.17) is 0 Å². The van der Waals surface area contributed by atoms with Crippen molar-refractivity contribution in [2.24, 2.45) is 7.05 Å². The number of nitrogens with zero attached hydrogens (tertiary/aromatic N) is 5. The zero-order valence-corrected chi connectivity index (χ0v) is 11.4. The Kier molecular flexibility index (Phi) is 2.23. The molecule has 0 aromatic carbocycles. The summed E-state index contributed by atoms with van der Waals surface area (Å²) in [5.74, 6) is 0.643. The molecule has 104 valence electrons. The molecule has 0 aliphatic rings. The summed E-state index contributed by atoms with van der Waals surface area (Å²) in [6, 6.07) is 1.95. The Morgan fingerprint density at radius 3 is 2.95 bits per heavy atom. The molecule has 0 radical (unpaired) electrons. The van der Waals surface area contributed by atoms with Crippen LogP contribution < -0.4 is 5.56 Å². The maximum Gasteiger partial charge on any atom is 0.278 e. The topological polar surface area (TPSA) is 105 Å². The fourth-order valence-electron chi connectivity index (χ4n) is 2.41. The van der Waals surface area contributed by atoms with E-state index in [1.807, 2.05) is 20.0 Å². The van der Waals surface area contributed by atoms with Gasteiger partial charge in [-0.15, -0.1) is 0 Å². The predicted molar refractivity (Wildman–Crippen MR) is 76.7 cm³/mol. The number of imidazole rings is 1. The molecule has 0 bridgehead atoms. The average Bonchev–Trinajstić information content (AvgIpc) is 3.02. The zero-order chi connectivity index (χ0) is 14.6. The number of H-pyrrole nitrogens is 2. The van der Waals surface area contributed by atoms with Crippen molar-refractivity contribution in [1.82, 2.24) is 34.7 Å². The van der Waals surface area contributed by atoms with Crippen LogP contribution in [0.3, 0.4) is 0 Å². The minimum atomic E-state index is -0.254. The SMILES string of the molecule is Cc1[nH]nc2ncc(-c3nc4c(=O)[nH]cnc4n3C)cc12. The van der Waals surface area contributed by atoms with Gasteiger partial charge in [-0.25, -0.2) is 15.0 Å². The average molecular weight is 281 g/mol. The standard InChI is InChI=1S/C13H11N7O/c1-6-8-3-7(4-14-10(8)19-18-6)11-17-9-12(20(11)2)15-5-16-13(9)21/h3-5H,1-2H3,(H,14,18,19)(H,15,16,21). The molecular weight excluding hydrogens is 270 g/mol. The van der Waals surface area contributed by atoms with Crippen LogP contribution in [0.25, 0.3) is 33.6 Å². The molecule has 0 amide bonds. The van der Waals surface area contributed by atoms with E-state index < -0.39 is 0 Å². The molecule has 0 saturated heterocycles. The van der Waals surface area contributed by atoms with E-state index in [1.54, 1.807) is 10.8 Å². The Morgan fingerprint density at radius 1 is 1.29 bits per heavy atom. The molecule has 0 saturated carbocycles. The van der Waals surface area contributed by atoms with Gasteiger partial charge in [0.2, 0.25) is 0 Å². The maximum absolute atomic E-state index is 11.8. The molecule has 0 spiro atoms. The van der Waals surface area contributed by atoms with E-state index in [0.717, 1.165) is 16.6 Å². The molecule has 4 heterocycles. The van der Waals surface area contributed by atoms with Crippen LogP contribution in [0.4, 0.5) is 0 Å². The molecule has 0 aliphatic heterocycles. The van der Waals surface area contributed by atoms with E-state index in [0.29, 0.717) is 22.6 Å². The molecule has 21 heavy (non-hydrogen) atoms. The van der Waals surface area contributed by atoms with Gasteiger partial charge in [0.05, 0.1) is 6.33 Å². The van der Waals surface area contributed by atoms with Crippen molar-refractivity contribution in [2.75, 3.05) is 0 Å². The summed E-state index contributed by atoms with van der Waals surface area (Å²) in [4.78, 5) is 27.2. The largest absolute Gasteiger partial charge is 0.312 e. The van der Waals surface area contributed by atoms with Crippen LogP contribution in [0.5, 0.6) is 0 Å². The lowest BCUT2D eigenvalue weighted by Gasteiger charge is -2.01. The summed E-state index contributed by atoms with van der Waals surface area (Å²) >= 11 is 0. The molecule has 0 aliphatic carbocycles. The Morgan fingerprint density at radius 2 is 2.14 bits per heavy atom. The second-order valence-electron chi connectivity index (χ2n) is 4.84. The van der Waals surface area contributed by atoms with Crippen molar-refractivity contribution in [2.45, 2.75) is 6.92 Å². The van der Waals surface area contributed by atoms with E-state index in [9.17, 15) is 4.79 Å². The highest BCUT2D eigenvalue weighted by Crippen LogP contribution is 2.24. The Balaban J connectivity index is 2.03.